The summed E-state index contributed by atoms with van der Waals surface area (Å²) in [7, 11) is 1.46. The van der Waals surface area contributed by atoms with Crippen LogP contribution in [0.4, 0.5) is 5.69 Å². The molecular formula is C21H19N3O4. The molecule has 28 heavy (non-hydrogen) atoms. The van der Waals surface area contributed by atoms with Crippen LogP contribution in [0.15, 0.2) is 48.0 Å². The van der Waals surface area contributed by atoms with Gasteiger partial charge in [0.15, 0.2) is 18.1 Å². The summed E-state index contributed by atoms with van der Waals surface area (Å²) >= 11 is 0. The van der Waals surface area contributed by atoms with Gasteiger partial charge in [-0.2, -0.15) is 10.5 Å². The Morgan fingerprint density at radius 2 is 1.86 bits per heavy atom. The van der Waals surface area contributed by atoms with Crippen LogP contribution < -0.4 is 19.5 Å². The number of nitriles is 2. The molecule has 0 heterocycles. The van der Waals surface area contributed by atoms with E-state index in [1.165, 1.54) is 13.2 Å². The van der Waals surface area contributed by atoms with Crippen LogP contribution in [-0.2, 0) is 4.79 Å². The van der Waals surface area contributed by atoms with Crippen molar-refractivity contribution in [3.05, 3.63) is 53.6 Å². The number of methoxy groups -OCH3 is 1. The Morgan fingerprint density at radius 3 is 2.46 bits per heavy atom. The van der Waals surface area contributed by atoms with Crippen molar-refractivity contribution in [3.8, 4) is 29.4 Å². The zero-order valence-electron chi connectivity index (χ0n) is 15.6. The Kier molecular flexibility index (Phi) is 7.44. The van der Waals surface area contributed by atoms with Gasteiger partial charge in [-0.3, -0.25) is 4.79 Å². The van der Waals surface area contributed by atoms with Crippen LogP contribution in [0, 0.1) is 22.7 Å². The molecular weight excluding hydrogens is 358 g/mol. The van der Waals surface area contributed by atoms with E-state index in [0.29, 0.717) is 35.1 Å². The molecule has 0 aliphatic carbocycles. The van der Waals surface area contributed by atoms with Crippen molar-refractivity contribution in [2.75, 3.05) is 25.6 Å². The number of rotatable bonds is 8. The van der Waals surface area contributed by atoms with Crippen molar-refractivity contribution >= 4 is 17.7 Å². The van der Waals surface area contributed by atoms with Crippen molar-refractivity contribution < 1.29 is 19.0 Å². The highest BCUT2D eigenvalue weighted by Gasteiger charge is 2.11. The van der Waals surface area contributed by atoms with E-state index in [1.807, 2.05) is 19.1 Å². The number of hydrogen-bond donors (Lipinski definition) is 1. The molecule has 0 radical (unpaired) electrons. The molecule has 0 saturated heterocycles. The van der Waals surface area contributed by atoms with Gasteiger partial charge in [0.2, 0.25) is 0 Å². The zero-order valence-corrected chi connectivity index (χ0v) is 15.6. The molecule has 0 unspecified atom stereocenters. The van der Waals surface area contributed by atoms with Crippen LogP contribution in [0.1, 0.15) is 12.5 Å². The number of nitrogens with one attached hydrogen (secondary N) is 1. The molecule has 0 spiro atoms. The lowest BCUT2D eigenvalue weighted by atomic mass is 10.1. The predicted molar refractivity (Wildman–Crippen MR) is 104 cm³/mol. The van der Waals surface area contributed by atoms with Gasteiger partial charge in [-0.25, -0.2) is 0 Å². The third-order valence-corrected chi connectivity index (χ3v) is 3.58. The van der Waals surface area contributed by atoms with Crippen molar-refractivity contribution in [1.82, 2.24) is 0 Å². The normalized spacial score (nSPS) is 10.4. The van der Waals surface area contributed by atoms with Gasteiger partial charge in [0, 0.05) is 5.69 Å². The molecule has 142 valence electrons. The van der Waals surface area contributed by atoms with E-state index in [2.05, 4.69) is 5.32 Å². The Balaban J connectivity index is 2.17. The highest BCUT2D eigenvalue weighted by Crippen LogP contribution is 2.29. The van der Waals surface area contributed by atoms with Gasteiger partial charge in [0.1, 0.15) is 23.5 Å². The zero-order chi connectivity index (χ0) is 20.4. The summed E-state index contributed by atoms with van der Waals surface area (Å²) in [4.78, 5) is 12.4. The van der Waals surface area contributed by atoms with Gasteiger partial charge in [-0.1, -0.05) is 6.07 Å². The van der Waals surface area contributed by atoms with Gasteiger partial charge in [0.25, 0.3) is 5.91 Å². The second kappa shape index (κ2) is 10.2. The van der Waals surface area contributed by atoms with Gasteiger partial charge in [0.05, 0.1) is 13.7 Å². The summed E-state index contributed by atoms with van der Waals surface area (Å²) in [6.45, 7) is 2.33. The summed E-state index contributed by atoms with van der Waals surface area (Å²) in [6.07, 6.45) is 1.44. The van der Waals surface area contributed by atoms with E-state index in [4.69, 9.17) is 19.5 Å². The van der Waals surface area contributed by atoms with Crippen molar-refractivity contribution in [3.63, 3.8) is 0 Å². The lowest BCUT2D eigenvalue weighted by molar-refractivity contribution is -0.112. The number of ether oxygens (including phenoxy) is 3. The summed E-state index contributed by atoms with van der Waals surface area (Å²) in [6, 6.07) is 15.5. The highest BCUT2D eigenvalue weighted by molar-refractivity contribution is 6.09. The smallest absolute Gasteiger partial charge is 0.266 e. The second-order valence-electron chi connectivity index (χ2n) is 5.44. The average Bonchev–Trinajstić information content (AvgIpc) is 2.72. The monoisotopic (exact) mass is 377 g/mol. The summed E-state index contributed by atoms with van der Waals surface area (Å²) in [5.41, 5.74) is 1.06. The molecule has 2 rings (SSSR count). The quantitative estimate of drug-likeness (QED) is 0.557. The maximum atomic E-state index is 12.4. The van der Waals surface area contributed by atoms with E-state index in [9.17, 15) is 10.1 Å². The van der Waals surface area contributed by atoms with E-state index < -0.39 is 5.91 Å². The van der Waals surface area contributed by atoms with Crippen molar-refractivity contribution in [2.24, 2.45) is 0 Å². The van der Waals surface area contributed by atoms with Crippen molar-refractivity contribution in [1.29, 1.82) is 10.5 Å². The molecule has 2 aromatic rings. The molecule has 7 heteroatoms. The Bertz CT molecular complexity index is 938. The Hall–Kier alpha value is -3.97. The number of anilines is 1. The summed E-state index contributed by atoms with van der Waals surface area (Å²) in [5.74, 6) is 0.963. The Morgan fingerprint density at radius 1 is 1.11 bits per heavy atom. The van der Waals surface area contributed by atoms with Crippen molar-refractivity contribution in [2.45, 2.75) is 6.92 Å². The first-order valence-electron chi connectivity index (χ1n) is 8.45. The molecule has 0 saturated carbocycles. The van der Waals surface area contributed by atoms with E-state index in [0.717, 1.165) is 0 Å². The fourth-order valence-electron chi connectivity index (χ4n) is 2.32. The summed E-state index contributed by atoms with van der Waals surface area (Å²) in [5, 5.41) is 20.6. The van der Waals surface area contributed by atoms with Crippen LogP contribution in [0.25, 0.3) is 6.08 Å². The number of amides is 1. The molecule has 2 aromatic carbocycles. The number of nitrogens with zero attached hydrogens (tertiary/aromatic N) is 2. The minimum Gasteiger partial charge on any atom is -0.494 e. The number of carbonyl (C=O) groups excluding carboxylic acids is 1. The summed E-state index contributed by atoms with van der Waals surface area (Å²) < 4.78 is 15.8. The van der Waals surface area contributed by atoms with Crippen LogP contribution >= 0.6 is 0 Å². The maximum absolute atomic E-state index is 12.4. The van der Waals surface area contributed by atoms with Crippen LogP contribution in [0.3, 0.4) is 0 Å². The van der Waals surface area contributed by atoms with Gasteiger partial charge < -0.3 is 19.5 Å². The lowest BCUT2D eigenvalue weighted by Crippen LogP contribution is -2.13. The molecule has 0 atom stereocenters. The van der Waals surface area contributed by atoms with Crippen LogP contribution in [0.2, 0.25) is 0 Å². The molecule has 0 aliphatic heterocycles. The second-order valence-corrected chi connectivity index (χ2v) is 5.44. The molecule has 0 aromatic heterocycles. The fraction of sp³-hybridized carbons (Fsp3) is 0.190. The molecule has 0 fully saturated rings. The molecule has 7 nitrogen and oxygen atoms in total. The van der Waals surface area contributed by atoms with Crippen LogP contribution in [-0.4, -0.2) is 26.2 Å². The third-order valence-electron chi connectivity index (χ3n) is 3.58. The van der Waals surface area contributed by atoms with E-state index in [1.54, 1.807) is 42.5 Å². The van der Waals surface area contributed by atoms with E-state index in [-0.39, 0.29) is 12.2 Å². The SMILES string of the molecule is CCOc1ccc(NC(=O)/C(C#N)=C\c2ccc(OCC#N)c(OC)c2)cc1. The first-order chi connectivity index (χ1) is 13.6. The molecule has 0 bridgehead atoms. The van der Waals surface area contributed by atoms with E-state index >= 15 is 0 Å². The maximum Gasteiger partial charge on any atom is 0.266 e. The van der Waals surface area contributed by atoms with Gasteiger partial charge in [-0.05, 0) is 55.0 Å². The molecule has 1 amide bonds. The minimum atomic E-state index is -0.532. The number of carbonyl (C=O) groups is 1. The van der Waals surface area contributed by atoms with Gasteiger partial charge in [-0.15, -0.1) is 0 Å². The lowest BCUT2D eigenvalue weighted by Gasteiger charge is -2.09. The minimum absolute atomic E-state index is 0.0679. The van der Waals surface area contributed by atoms with Gasteiger partial charge >= 0.3 is 0 Å². The molecule has 0 aliphatic rings. The predicted octanol–water partition coefficient (Wildman–Crippen LogP) is 3.54. The average molecular weight is 377 g/mol. The fourth-order valence-corrected chi connectivity index (χ4v) is 2.32. The first kappa shape index (κ1) is 20.3. The first-order valence-corrected chi connectivity index (χ1v) is 8.45. The number of hydrogen-bond acceptors (Lipinski definition) is 6. The topological polar surface area (TPSA) is 104 Å². The number of benzene rings is 2. The molecule has 1 N–H and O–H groups in total. The third kappa shape index (κ3) is 5.52. The standard InChI is InChI=1S/C21H19N3O4/c1-3-27-18-7-5-17(6-8-18)24-21(25)16(14-23)12-15-4-9-19(28-11-10-22)20(13-15)26-2/h4-9,12-13H,3,11H2,1-2H3,(H,24,25)/b16-12-. The highest BCUT2D eigenvalue weighted by atomic mass is 16.5. The largest absolute Gasteiger partial charge is 0.494 e. The van der Waals surface area contributed by atoms with Crippen LogP contribution in [0.5, 0.6) is 17.2 Å². The Labute approximate surface area is 163 Å².